The molecule has 2 fully saturated rings. The van der Waals surface area contributed by atoms with Crippen LogP contribution < -0.4 is 5.32 Å². The minimum absolute atomic E-state index is 0.0907. The van der Waals surface area contributed by atoms with Crippen LogP contribution in [0.25, 0.3) is 0 Å². The van der Waals surface area contributed by atoms with Gasteiger partial charge in [-0.05, 0) is 96.1 Å². The molecule has 8 nitrogen and oxygen atoms in total. The van der Waals surface area contributed by atoms with Gasteiger partial charge in [0.1, 0.15) is 5.78 Å². The highest BCUT2D eigenvalue weighted by Crippen LogP contribution is 2.51. The van der Waals surface area contributed by atoms with E-state index in [0.717, 1.165) is 69.1 Å². The molecule has 0 aromatic heterocycles. The van der Waals surface area contributed by atoms with E-state index in [9.17, 15) is 29.4 Å². The number of unbranched alkanes of at least 4 members (excludes halogenated alkanes) is 4. The number of amides is 1. The van der Waals surface area contributed by atoms with Gasteiger partial charge in [-0.3, -0.25) is 19.2 Å². The van der Waals surface area contributed by atoms with E-state index in [1.54, 1.807) is 0 Å². The lowest BCUT2D eigenvalue weighted by molar-refractivity contribution is -0.144. The number of aliphatic hydroxyl groups excluding tert-OH is 2. The second-order valence-corrected chi connectivity index (χ2v) is 17.7. The van der Waals surface area contributed by atoms with Crippen LogP contribution in [-0.4, -0.2) is 63.4 Å². The SMILES string of the molecule is C/C1=C/CC/C(C)=C/CC2(C)C(=O)C(O)=C(C(C)COC(=O)CCCCCCC(=O)CCCCC3SCC4NC(=O)CC43)C2C/C=C(\C)C(O)CC1. The Labute approximate surface area is 316 Å². The molecule has 2 heterocycles. The molecule has 0 radical (unpaired) electrons. The first-order chi connectivity index (χ1) is 24.8. The van der Waals surface area contributed by atoms with Crippen LogP contribution in [0.1, 0.15) is 144 Å². The second-order valence-electron chi connectivity index (χ2n) is 16.4. The van der Waals surface area contributed by atoms with Crippen LogP contribution in [0.2, 0.25) is 0 Å². The third-order valence-corrected chi connectivity index (χ3v) is 13.7. The van der Waals surface area contributed by atoms with Crippen molar-refractivity contribution in [1.82, 2.24) is 5.32 Å². The van der Waals surface area contributed by atoms with E-state index in [2.05, 4.69) is 31.3 Å². The summed E-state index contributed by atoms with van der Waals surface area (Å²) in [5, 5.41) is 25.7. The summed E-state index contributed by atoms with van der Waals surface area (Å²) < 4.78 is 5.68. The maximum absolute atomic E-state index is 13.7. The molecule has 0 bridgehead atoms. The van der Waals surface area contributed by atoms with Crippen LogP contribution in [-0.2, 0) is 23.9 Å². The zero-order valence-corrected chi connectivity index (χ0v) is 33.3. The maximum atomic E-state index is 13.7. The molecule has 2 aliphatic heterocycles. The normalized spacial score (nSPS) is 32.3. The number of hydrogen-bond donors (Lipinski definition) is 3. The van der Waals surface area contributed by atoms with Gasteiger partial charge in [0, 0.05) is 65.9 Å². The quantitative estimate of drug-likeness (QED) is 0.0864. The van der Waals surface area contributed by atoms with Crippen molar-refractivity contribution in [2.75, 3.05) is 12.4 Å². The third kappa shape index (κ3) is 11.7. The van der Waals surface area contributed by atoms with Gasteiger partial charge in [-0.2, -0.15) is 11.8 Å². The second kappa shape index (κ2) is 20.1. The molecule has 7 unspecified atom stereocenters. The lowest BCUT2D eigenvalue weighted by Crippen LogP contribution is -2.32. The van der Waals surface area contributed by atoms with Crippen molar-refractivity contribution in [3.05, 3.63) is 46.3 Å². The summed E-state index contributed by atoms with van der Waals surface area (Å²) in [6, 6.07) is 0.348. The van der Waals surface area contributed by atoms with Crippen molar-refractivity contribution in [1.29, 1.82) is 0 Å². The molecule has 0 saturated carbocycles. The van der Waals surface area contributed by atoms with Gasteiger partial charge in [0.25, 0.3) is 0 Å². The molecule has 3 N–H and O–H groups in total. The van der Waals surface area contributed by atoms with E-state index < -0.39 is 11.5 Å². The monoisotopic (exact) mass is 739 g/mol. The van der Waals surface area contributed by atoms with Crippen LogP contribution in [0.15, 0.2) is 46.3 Å². The van der Waals surface area contributed by atoms with Crippen molar-refractivity contribution >= 4 is 35.2 Å². The maximum Gasteiger partial charge on any atom is 0.305 e. The van der Waals surface area contributed by atoms with Gasteiger partial charge in [0.15, 0.2) is 5.76 Å². The smallest absolute Gasteiger partial charge is 0.305 e. The zero-order valence-electron chi connectivity index (χ0n) is 32.5. The molecule has 4 aliphatic rings. The molecule has 4 rings (SSSR count). The van der Waals surface area contributed by atoms with Crippen molar-refractivity contribution < 1.29 is 34.1 Å². The molecular weight excluding hydrogens is 675 g/mol. The average Bonchev–Trinajstić information content (AvgIpc) is 3.72. The van der Waals surface area contributed by atoms with E-state index in [0.29, 0.717) is 79.9 Å². The number of fused-ring (bicyclic) bond motifs is 2. The number of thioether (sulfide) groups is 1. The number of ether oxygens (including phenoxy) is 1. The predicted molar refractivity (Wildman–Crippen MR) is 209 cm³/mol. The summed E-state index contributed by atoms with van der Waals surface area (Å²) in [5.74, 6) is 0.619. The molecule has 0 aromatic carbocycles. The number of nitrogens with one attached hydrogen (secondary N) is 1. The fourth-order valence-electron chi connectivity index (χ4n) is 8.49. The van der Waals surface area contributed by atoms with Crippen LogP contribution in [0.3, 0.4) is 0 Å². The number of allylic oxidation sites excluding steroid dienone is 6. The van der Waals surface area contributed by atoms with Gasteiger partial charge in [0.05, 0.1) is 12.7 Å². The van der Waals surface area contributed by atoms with Crippen LogP contribution in [0, 0.1) is 23.2 Å². The zero-order chi connectivity index (χ0) is 37.8. The molecule has 290 valence electrons. The van der Waals surface area contributed by atoms with E-state index >= 15 is 0 Å². The van der Waals surface area contributed by atoms with Crippen LogP contribution in [0.4, 0.5) is 0 Å². The predicted octanol–water partition coefficient (Wildman–Crippen LogP) is 8.83. The summed E-state index contributed by atoms with van der Waals surface area (Å²) in [6.07, 6.45) is 18.6. The topological polar surface area (TPSA) is 130 Å². The van der Waals surface area contributed by atoms with Gasteiger partial charge in [-0.15, -0.1) is 0 Å². The van der Waals surface area contributed by atoms with Crippen molar-refractivity contribution in [3.63, 3.8) is 0 Å². The highest BCUT2D eigenvalue weighted by molar-refractivity contribution is 8.00. The fourth-order valence-corrected chi connectivity index (χ4v) is 10.1. The molecule has 0 aromatic rings. The Hall–Kier alpha value is -2.65. The Balaban J connectivity index is 1.18. The number of aliphatic hydroxyl groups is 2. The molecule has 7 atom stereocenters. The molecule has 1 amide bonds. The highest BCUT2D eigenvalue weighted by atomic mass is 32.2. The molecule has 2 aliphatic carbocycles. The minimum atomic E-state index is -0.831. The number of ketones is 2. The molecule has 2 saturated heterocycles. The molecule has 0 spiro atoms. The Morgan fingerprint density at radius 2 is 1.67 bits per heavy atom. The number of carbonyl (C=O) groups is 4. The van der Waals surface area contributed by atoms with Gasteiger partial charge in [0.2, 0.25) is 11.7 Å². The number of carbonyl (C=O) groups excluding carboxylic acids is 4. The Kier molecular flexibility index (Phi) is 16.3. The van der Waals surface area contributed by atoms with E-state index in [-0.39, 0.29) is 41.9 Å². The van der Waals surface area contributed by atoms with Crippen LogP contribution >= 0.6 is 11.8 Å². The molecule has 9 heteroatoms. The lowest BCUT2D eigenvalue weighted by Gasteiger charge is -2.32. The van der Waals surface area contributed by atoms with E-state index in [1.807, 2.05) is 38.6 Å². The van der Waals surface area contributed by atoms with E-state index in [4.69, 9.17) is 4.74 Å². The summed E-state index contributed by atoms with van der Waals surface area (Å²) in [7, 11) is 0. The Bertz CT molecular complexity index is 1410. The first kappa shape index (κ1) is 42.1. The average molecular weight is 740 g/mol. The highest BCUT2D eigenvalue weighted by Gasteiger charge is 2.51. The van der Waals surface area contributed by atoms with Gasteiger partial charge in [-0.1, -0.05) is 62.5 Å². The minimum Gasteiger partial charge on any atom is -0.504 e. The summed E-state index contributed by atoms with van der Waals surface area (Å²) in [4.78, 5) is 50.5. The largest absolute Gasteiger partial charge is 0.504 e. The van der Waals surface area contributed by atoms with Gasteiger partial charge in [-0.25, -0.2) is 0 Å². The Morgan fingerprint density at radius 1 is 0.981 bits per heavy atom. The third-order valence-electron chi connectivity index (χ3n) is 12.1. The molecule has 52 heavy (non-hydrogen) atoms. The number of esters is 1. The number of rotatable bonds is 15. The van der Waals surface area contributed by atoms with Crippen molar-refractivity contribution in [3.8, 4) is 0 Å². The number of hydrogen-bond acceptors (Lipinski definition) is 8. The number of Topliss-reactive ketones (excluding diaryl/α,β-unsaturated/α-hetero) is 2. The van der Waals surface area contributed by atoms with Gasteiger partial charge < -0.3 is 20.3 Å². The Morgan fingerprint density at radius 3 is 2.42 bits per heavy atom. The molecular formula is C43H65NO7S. The van der Waals surface area contributed by atoms with Crippen molar-refractivity contribution in [2.45, 2.75) is 161 Å². The van der Waals surface area contributed by atoms with E-state index in [1.165, 1.54) is 11.1 Å². The first-order valence-corrected chi connectivity index (χ1v) is 21.1. The fraction of sp³-hybridized carbons (Fsp3) is 0.721. The summed E-state index contributed by atoms with van der Waals surface area (Å²) in [5.41, 5.74) is 3.17. The standard InChI is InChI=1S/C43H65NO7S/c1-28-13-12-14-29(2)23-24-43(5)34(21-20-30(3)36(46)22-19-28)40(41(49)42(43)50)31(4)26-51-39(48)18-9-7-6-8-15-32(45)16-10-11-17-37-33-25-38(47)44-35(33)27-52-37/h13,20,23,31,33-37,46,49H,6-12,14-19,21-22,24-27H2,1-5H3,(H,44,47)/b28-13-,29-23+,30-20+. The first-order valence-electron chi connectivity index (χ1n) is 20.0. The van der Waals surface area contributed by atoms with Crippen molar-refractivity contribution in [2.24, 2.45) is 23.2 Å². The van der Waals surface area contributed by atoms with Gasteiger partial charge >= 0.3 is 5.97 Å². The lowest BCUT2D eigenvalue weighted by atomic mass is 9.70. The van der Waals surface area contributed by atoms with Crippen LogP contribution in [0.5, 0.6) is 0 Å². The summed E-state index contributed by atoms with van der Waals surface area (Å²) >= 11 is 1.97. The summed E-state index contributed by atoms with van der Waals surface area (Å²) in [6.45, 7) is 10.1.